The van der Waals surface area contributed by atoms with E-state index < -0.39 is 12.1 Å². The van der Waals surface area contributed by atoms with E-state index in [-0.39, 0.29) is 24.8 Å². The van der Waals surface area contributed by atoms with Crippen LogP contribution in [0, 0.1) is 11.8 Å². The minimum absolute atomic E-state index is 0.0511. The number of likely N-dealkylation sites (N-methyl/N-ethyl adjacent to an activating group) is 1. The minimum atomic E-state index is -4.04. The Bertz CT molecular complexity index is 214. The quantitative estimate of drug-likeness (QED) is 0.813. The van der Waals surface area contributed by atoms with Gasteiger partial charge in [-0.25, -0.2) is 0 Å². The molecular weight excluding hydrogens is 231 g/mol. The summed E-state index contributed by atoms with van der Waals surface area (Å²) in [4.78, 5) is 0. The number of halogens is 3. The Labute approximate surface area is 101 Å². The molecular formula is C12H22F3NO. The Morgan fingerprint density at radius 3 is 2.59 bits per heavy atom. The third kappa shape index (κ3) is 4.47. The molecule has 0 aromatic carbocycles. The zero-order valence-corrected chi connectivity index (χ0v) is 10.5. The van der Waals surface area contributed by atoms with Gasteiger partial charge in [0.2, 0.25) is 0 Å². The van der Waals surface area contributed by atoms with Gasteiger partial charge in [-0.15, -0.1) is 0 Å². The van der Waals surface area contributed by atoms with Gasteiger partial charge in [-0.1, -0.05) is 13.3 Å². The fraction of sp³-hybridized carbons (Fsp3) is 1.00. The summed E-state index contributed by atoms with van der Waals surface area (Å²) in [7, 11) is 1.59. The molecule has 102 valence electrons. The van der Waals surface area contributed by atoms with Crippen LogP contribution < -0.4 is 5.32 Å². The number of methoxy groups -OCH3 is 1. The highest BCUT2D eigenvalue weighted by atomic mass is 19.4. The summed E-state index contributed by atoms with van der Waals surface area (Å²) in [6, 6.07) is 0.0511. The highest BCUT2D eigenvalue weighted by Gasteiger charge is 2.43. The summed E-state index contributed by atoms with van der Waals surface area (Å²) in [5.74, 6) is -1.05. The summed E-state index contributed by atoms with van der Waals surface area (Å²) >= 11 is 0. The smallest absolute Gasteiger partial charge is 0.383 e. The lowest BCUT2D eigenvalue weighted by atomic mass is 9.77. The van der Waals surface area contributed by atoms with Crippen molar-refractivity contribution in [3.63, 3.8) is 0 Å². The van der Waals surface area contributed by atoms with Crippen molar-refractivity contribution in [3.8, 4) is 0 Å². The summed E-state index contributed by atoms with van der Waals surface area (Å²) in [6.07, 6.45) is -1.98. The molecule has 17 heavy (non-hydrogen) atoms. The lowest BCUT2D eigenvalue weighted by molar-refractivity contribution is -0.187. The van der Waals surface area contributed by atoms with Crippen LogP contribution in [0.1, 0.15) is 32.6 Å². The second-order valence-electron chi connectivity index (χ2n) is 4.78. The average molecular weight is 253 g/mol. The zero-order chi connectivity index (χ0) is 12.9. The maximum atomic E-state index is 12.7. The molecule has 2 nitrogen and oxygen atoms in total. The van der Waals surface area contributed by atoms with E-state index >= 15 is 0 Å². The maximum absolute atomic E-state index is 12.7. The van der Waals surface area contributed by atoms with E-state index in [0.717, 1.165) is 13.0 Å². The monoisotopic (exact) mass is 253 g/mol. The molecule has 1 aliphatic carbocycles. The minimum Gasteiger partial charge on any atom is -0.383 e. The number of hydrogen-bond donors (Lipinski definition) is 1. The van der Waals surface area contributed by atoms with Gasteiger partial charge in [0, 0.05) is 13.2 Å². The first kappa shape index (κ1) is 14.8. The van der Waals surface area contributed by atoms with Crippen LogP contribution in [0.15, 0.2) is 0 Å². The van der Waals surface area contributed by atoms with Gasteiger partial charge >= 0.3 is 6.18 Å². The van der Waals surface area contributed by atoms with Crippen molar-refractivity contribution in [2.24, 2.45) is 11.8 Å². The Morgan fingerprint density at radius 1 is 1.35 bits per heavy atom. The van der Waals surface area contributed by atoms with Crippen molar-refractivity contribution in [3.05, 3.63) is 0 Å². The molecule has 0 aromatic rings. The van der Waals surface area contributed by atoms with E-state index in [1.54, 1.807) is 7.11 Å². The molecule has 0 amide bonds. The molecule has 0 bridgehead atoms. The SMILES string of the molecule is CCNC(COC)C1CCCC(C(F)(F)F)C1. The number of ether oxygens (including phenoxy) is 1. The van der Waals surface area contributed by atoms with Crippen LogP contribution in [0.3, 0.4) is 0 Å². The van der Waals surface area contributed by atoms with Crippen LogP contribution in [0.4, 0.5) is 13.2 Å². The number of alkyl halides is 3. The van der Waals surface area contributed by atoms with Crippen molar-refractivity contribution in [1.82, 2.24) is 5.32 Å². The molecule has 5 heteroatoms. The highest BCUT2D eigenvalue weighted by molar-refractivity contribution is 4.84. The topological polar surface area (TPSA) is 21.3 Å². The largest absolute Gasteiger partial charge is 0.391 e. The molecule has 0 radical (unpaired) electrons. The van der Waals surface area contributed by atoms with Gasteiger partial charge < -0.3 is 10.1 Å². The number of nitrogens with one attached hydrogen (secondary N) is 1. The summed E-state index contributed by atoms with van der Waals surface area (Å²) in [6.45, 7) is 3.22. The summed E-state index contributed by atoms with van der Waals surface area (Å²) in [5, 5.41) is 3.23. The first-order valence-corrected chi connectivity index (χ1v) is 6.28. The lowest BCUT2D eigenvalue weighted by Crippen LogP contribution is -2.43. The molecule has 0 aliphatic heterocycles. The molecule has 1 fully saturated rings. The van der Waals surface area contributed by atoms with Gasteiger partial charge in [0.25, 0.3) is 0 Å². The standard InChI is InChI=1S/C12H22F3NO/c1-3-16-11(8-17-2)9-5-4-6-10(7-9)12(13,14)15/h9-11,16H,3-8H2,1-2H3. The summed E-state index contributed by atoms with van der Waals surface area (Å²) in [5.41, 5.74) is 0. The van der Waals surface area contributed by atoms with Crippen LogP contribution in [0.2, 0.25) is 0 Å². The fourth-order valence-electron chi connectivity index (χ4n) is 2.69. The molecule has 0 heterocycles. The number of rotatable bonds is 5. The van der Waals surface area contributed by atoms with Crippen molar-refractivity contribution in [2.45, 2.75) is 44.8 Å². The Hall–Kier alpha value is -0.290. The van der Waals surface area contributed by atoms with E-state index in [4.69, 9.17) is 4.74 Å². The van der Waals surface area contributed by atoms with E-state index in [0.29, 0.717) is 13.0 Å². The van der Waals surface area contributed by atoms with Crippen LogP contribution in [0.25, 0.3) is 0 Å². The predicted molar refractivity (Wildman–Crippen MR) is 60.8 cm³/mol. The van der Waals surface area contributed by atoms with Crippen LogP contribution in [-0.2, 0) is 4.74 Å². The Morgan fingerprint density at radius 2 is 2.06 bits per heavy atom. The van der Waals surface area contributed by atoms with E-state index in [1.807, 2.05) is 6.92 Å². The van der Waals surface area contributed by atoms with Crippen molar-refractivity contribution in [1.29, 1.82) is 0 Å². The molecule has 3 unspecified atom stereocenters. The molecule has 1 saturated carbocycles. The first-order chi connectivity index (χ1) is 7.99. The molecule has 0 saturated heterocycles. The first-order valence-electron chi connectivity index (χ1n) is 6.28. The van der Waals surface area contributed by atoms with Crippen LogP contribution in [0.5, 0.6) is 0 Å². The average Bonchev–Trinajstić information content (AvgIpc) is 2.28. The molecule has 1 rings (SSSR count). The van der Waals surface area contributed by atoms with Gasteiger partial charge in [-0.3, -0.25) is 0 Å². The summed E-state index contributed by atoms with van der Waals surface area (Å²) < 4.78 is 43.2. The normalized spacial score (nSPS) is 28.1. The second kappa shape index (κ2) is 6.59. The third-order valence-corrected chi connectivity index (χ3v) is 3.56. The van der Waals surface area contributed by atoms with Gasteiger partial charge in [0.1, 0.15) is 0 Å². The Kier molecular flexibility index (Phi) is 5.73. The van der Waals surface area contributed by atoms with E-state index in [1.165, 1.54) is 0 Å². The number of hydrogen-bond acceptors (Lipinski definition) is 2. The van der Waals surface area contributed by atoms with Gasteiger partial charge in [-0.2, -0.15) is 13.2 Å². The predicted octanol–water partition coefficient (Wildman–Crippen LogP) is 2.98. The lowest BCUT2D eigenvalue weighted by Gasteiger charge is -2.35. The van der Waals surface area contributed by atoms with Crippen LogP contribution in [-0.4, -0.2) is 32.5 Å². The molecule has 0 spiro atoms. The van der Waals surface area contributed by atoms with Crippen molar-refractivity contribution < 1.29 is 17.9 Å². The van der Waals surface area contributed by atoms with E-state index in [2.05, 4.69) is 5.32 Å². The molecule has 1 aliphatic rings. The molecule has 1 N–H and O–H groups in total. The van der Waals surface area contributed by atoms with Gasteiger partial charge in [-0.05, 0) is 31.7 Å². The van der Waals surface area contributed by atoms with Crippen molar-refractivity contribution in [2.75, 3.05) is 20.3 Å². The molecule has 3 atom stereocenters. The fourth-order valence-corrected chi connectivity index (χ4v) is 2.69. The Balaban J connectivity index is 2.57. The maximum Gasteiger partial charge on any atom is 0.391 e. The van der Waals surface area contributed by atoms with E-state index in [9.17, 15) is 13.2 Å². The molecule has 0 aromatic heterocycles. The van der Waals surface area contributed by atoms with Crippen molar-refractivity contribution >= 4 is 0 Å². The third-order valence-electron chi connectivity index (χ3n) is 3.56. The van der Waals surface area contributed by atoms with Crippen LogP contribution >= 0.6 is 0 Å². The van der Waals surface area contributed by atoms with Gasteiger partial charge in [0.05, 0.1) is 12.5 Å². The highest BCUT2D eigenvalue weighted by Crippen LogP contribution is 2.40. The second-order valence-corrected chi connectivity index (χ2v) is 4.78. The zero-order valence-electron chi connectivity index (χ0n) is 10.5. The van der Waals surface area contributed by atoms with Gasteiger partial charge in [0.15, 0.2) is 0 Å².